The predicted octanol–water partition coefficient (Wildman–Crippen LogP) is 3.14. The van der Waals surface area contributed by atoms with Crippen LogP contribution in [0.2, 0.25) is 0 Å². The van der Waals surface area contributed by atoms with E-state index in [9.17, 15) is 10.2 Å². The normalized spacial score (nSPS) is 13.8. The molecule has 0 amide bonds. The Morgan fingerprint density at radius 3 is 1.55 bits per heavy atom. The van der Waals surface area contributed by atoms with Crippen molar-refractivity contribution in [2.75, 3.05) is 13.2 Å². The SMILES string of the molecule is CCC(O)COc1ccc(OCC(O)CC)c2ccccc12. The molecule has 0 saturated heterocycles. The second-order valence-corrected chi connectivity index (χ2v) is 5.35. The van der Waals surface area contributed by atoms with Crippen LogP contribution in [0.1, 0.15) is 26.7 Å². The van der Waals surface area contributed by atoms with Crippen molar-refractivity contribution in [3.8, 4) is 11.5 Å². The van der Waals surface area contributed by atoms with E-state index in [1.165, 1.54) is 0 Å². The molecule has 120 valence electrons. The van der Waals surface area contributed by atoms with Crippen molar-refractivity contribution in [1.29, 1.82) is 0 Å². The van der Waals surface area contributed by atoms with E-state index in [0.29, 0.717) is 12.8 Å². The van der Waals surface area contributed by atoms with Gasteiger partial charge in [0.05, 0.1) is 12.2 Å². The van der Waals surface area contributed by atoms with Gasteiger partial charge in [-0.1, -0.05) is 38.1 Å². The third-order valence-corrected chi connectivity index (χ3v) is 3.65. The first-order valence-corrected chi connectivity index (χ1v) is 7.79. The van der Waals surface area contributed by atoms with Crippen LogP contribution in [0.5, 0.6) is 11.5 Å². The van der Waals surface area contributed by atoms with Gasteiger partial charge in [-0.15, -0.1) is 0 Å². The number of aliphatic hydroxyl groups is 2. The standard InChI is InChI=1S/C18H24O4/c1-3-13(19)11-21-17-9-10-18(22-12-14(20)4-2)16-8-6-5-7-15(16)17/h5-10,13-14,19-20H,3-4,11-12H2,1-2H3. The highest BCUT2D eigenvalue weighted by Gasteiger charge is 2.10. The third-order valence-electron chi connectivity index (χ3n) is 3.65. The van der Waals surface area contributed by atoms with Crippen molar-refractivity contribution in [3.05, 3.63) is 36.4 Å². The number of benzene rings is 2. The van der Waals surface area contributed by atoms with Crippen LogP contribution in [0.15, 0.2) is 36.4 Å². The smallest absolute Gasteiger partial charge is 0.127 e. The topological polar surface area (TPSA) is 58.9 Å². The Morgan fingerprint density at radius 1 is 0.773 bits per heavy atom. The van der Waals surface area contributed by atoms with E-state index in [2.05, 4.69) is 0 Å². The predicted molar refractivity (Wildman–Crippen MR) is 87.5 cm³/mol. The highest BCUT2D eigenvalue weighted by molar-refractivity contribution is 5.93. The van der Waals surface area contributed by atoms with Crippen molar-refractivity contribution >= 4 is 10.8 Å². The molecule has 22 heavy (non-hydrogen) atoms. The largest absolute Gasteiger partial charge is 0.490 e. The molecule has 0 fully saturated rings. The fourth-order valence-electron chi connectivity index (χ4n) is 2.10. The minimum absolute atomic E-state index is 0.273. The Morgan fingerprint density at radius 2 is 1.18 bits per heavy atom. The molecule has 2 N–H and O–H groups in total. The first-order valence-electron chi connectivity index (χ1n) is 7.79. The summed E-state index contributed by atoms with van der Waals surface area (Å²) in [7, 11) is 0. The number of fused-ring (bicyclic) bond motifs is 1. The Hall–Kier alpha value is -1.78. The van der Waals surface area contributed by atoms with Crippen molar-refractivity contribution in [3.63, 3.8) is 0 Å². The maximum absolute atomic E-state index is 9.64. The summed E-state index contributed by atoms with van der Waals surface area (Å²) in [6, 6.07) is 11.5. The van der Waals surface area contributed by atoms with E-state index in [1.54, 1.807) is 0 Å². The number of hydrogen-bond acceptors (Lipinski definition) is 4. The first-order chi connectivity index (χ1) is 10.7. The van der Waals surface area contributed by atoms with Crippen LogP contribution >= 0.6 is 0 Å². The van der Waals surface area contributed by atoms with Gasteiger partial charge in [0.1, 0.15) is 24.7 Å². The number of hydrogen-bond donors (Lipinski definition) is 2. The molecular weight excluding hydrogens is 280 g/mol. The molecule has 0 aliphatic rings. The van der Waals surface area contributed by atoms with Crippen LogP contribution in [0.3, 0.4) is 0 Å². The van der Waals surface area contributed by atoms with Gasteiger partial charge >= 0.3 is 0 Å². The molecule has 0 aliphatic heterocycles. The second kappa shape index (κ2) is 8.01. The molecular formula is C18H24O4. The van der Waals surface area contributed by atoms with E-state index < -0.39 is 12.2 Å². The summed E-state index contributed by atoms with van der Waals surface area (Å²) in [5.41, 5.74) is 0. The van der Waals surface area contributed by atoms with Gasteiger partial charge in [-0.2, -0.15) is 0 Å². The van der Waals surface area contributed by atoms with E-state index in [1.807, 2.05) is 50.2 Å². The lowest BCUT2D eigenvalue weighted by atomic mass is 10.1. The van der Waals surface area contributed by atoms with Crippen LogP contribution < -0.4 is 9.47 Å². The van der Waals surface area contributed by atoms with Gasteiger partial charge < -0.3 is 19.7 Å². The Balaban J connectivity index is 2.22. The summed E-state index contributed by atoms with van der Waals surface area (Å²) >= 11 is 0. The molecule has 0 radical (unpaired) electrons. The molecule has 0 spiro atoms. The minimum Gasteiger partial charge on any atom is -0.490 e. The Bertz CT molecular complexity index is 544. The van der Waals surface area contributed by atoms with Gasteiger partial charge in [0.2, 0.25) is 0 Å². The maximum Gasteiger partial charge on any atom is 0.127 e. The summed E-state index contributed by atoms with van der Waals surface area (Å²) in [6.45, 7) is 4.38. The highest BCUT2D eigenvalue weighted by atomic mass is 16.5. The number of aliphatic hydroxyl groups excluding tert-OH is 2. The van der Waals surface area contributed by atoms with E-state index in [-0.39, 0.29) is 13.2 Å². The molecule has 4 nitrogen and oxygen atoms in total. The van der Waals surface area contributed by atoms with Crippen molar-refractivity contribution in [1.82, 2.24) is 0 Å². The van der Waals surface area contributed by atoms with Crippen LogP contribution in [-0.4, -0.2) is 35.6 Å². The van der Waals surface area contributed by atoms with Gasteiger partial charge in [0, 0.05) is 10.8 Å². The van der Waals surface area contributed by atoms with Gasteiger partial charge in [0.15, 0.2) is 0 Å². The fourth-order valence-corrected chi connectivity index (χ4v) is 2.10. The minimum atomic E-state index is -0.464. The molecule has 2 rings (SSSR count). The van der Waals surface area contributed by atoms with Crippen molar-refractivity contribution in [2.45, 2.75) is 38.9 Å². The fraction of sp³-hybridized carbons (Fsp3) is 0.444. The van der Waals surface area contributed by atoms with Crippen molar-refractivity contribution in [2.24, 2.45) is 0 Å². The summed E-state index contributed by atoms with van der Waals surface area (Å²) in [6.07, 6.45) is 0.394. The zero-order valence-electron chi connectivity index (χ0n) is 13.2. The molecule has 2 aromatic rings. The quantitative estimate of drug-likeness (QED) is 0.786. The van der Waals surface area contributed by atoms with Gasteiger partial charge in [0.25, 0.3) is 0 Å². The van der Waals surface area contributed by atoms with Gasteiger partial charge in [-0.05, 0) is 25.0 Å². The molecule has 0 saturated carbocycles. The van der Waals surface area contributed by atoms with E-state index >= 15 is 0 Å². The van der Waals surface area contributed by atoms with Gasteiger partial charge in [-0.25, -0.2) is 0 Å². The summed E-state index contributed by atoms with van der Waals surface area (Å²) in [4.78, 5) is 0. The molecule has 4 heteroatoms. The lowest BCUT2D eigenvalue weighted by molar-refractivity contribution is 0.103. The number of ether oxygens (including phenoxy) is 2. The lowest BCUT2D eigenvalue weighted by Crippen LogP contribution is -2.17. The third kappa shape index (κ3) is 4.12. The van der Waals surface area contributed by atoms with E-state index in [4.69, 9.17) is 9.47 Å². The van der Waals surface area contributed by atoms with Crippen molar-refractivity contribution < 1.29 is 19.7 Å². The summed E-state index contributed by atoms with van der Waals surface area (Å²) in [5.74, 6) is 1.46. The molecule has 0 aliphatic carbocycles. The highest BCUT2D eigenvalue weighted by Crippen LogP contribution is 2.33. The Kier molecular flexibility index (Phi) is 6.04. The zero-order valence-corrected chi connectivity index (χ0v) is 13.2. The maximum atomic E-state index is 9.64. The Labute approximate surface area is 131 Å². The molecule has 2 atom stereocenters. The van der Waals surface area contributed by atoms with Crippen LogP contribution in [0.4, 0.5) is 0 Å². The van der Waals surface area contributed by atoms with Crippen LogP contribution in [0, 0.1) is 0 Å². The first kappa shape index (κ1) is 16.6. The summed E-state index contributed by atoms with van der Waals surface area (Å²) in [5, 5.41) is 21.2. The summed E-state index contributed by atoms with van der Waals surface area (Å²) < 4.78 is 11.4. The molecule has 0 heterocycles. The molecule has 2 aromatic carbocycles. The average molecular weight is 304 g/mol. The second-order valence-electron chi connectivity index (χ2n) is 5.35. The lowest BCUT2D eigenvalue weighted by Gasteiger charge is -2.16. The van der Waals surface area contributed by atoms with Crippen LogP contribution in [0.25, 0.3) is 10.8 Å². The molecule has 2 unspecified atom stereocenters. The monoisotopic (exact) mass is 304 g/mol. The zero-order chi connectivity index (χ0) is 15.9. The molecule has 0 aromatic heterocycles. The van der Waals surface area contributed by atoms with Crippen LogP contribution in [-0.2, 0) is 0 Å². The molecule has 0 bridgehead atoms. The van der Waals surface area contributed by atoms with Gasteiger partial charge in [-0.3, -0.25) is 0 Å². The average Bonchev–Trinajstić information content (AvgIpc) is 2.57. The number of rotatable bonds is 8. The van der Waals surface area contributed by atoms with E-state index in [0.717, 1.165) is 22.3 Å².